The van der Waals surface area contributed by atoms with Gasteiger partial charge in [-0.05, 0) is 25.1 Å². The zero-order valence-electron chi connectivity index (χ0n) is 13.0. The van der Waals surface area contributed by atoms with E-state index in [0.29, 0.717) is 16.3 Å². The van der Waals surface area contributed by atoms with Crippen molar-refractivity contribution in [2.45, 2.75) is 19.7 Å². The molecule has 0 N–H and O–H groups in total. The Kier molecular flexibility index (Phi) is 4.76. The lowest BCUT2D eigenvalue weighted by Crippen LogP contribution is -2.03. The number of rotatable bonds is 4. The summed E-state index contributed by atoms with van der Waals surface area (Å²) < 4.78 is 56.8. The molecule has 0 spiro atoms. The predicted molar refractivity (Wildman–Crippen MR) is 86.9 cm³/mol. The molecule has 2 aromatic carbocycles. The number of hydrogen-bond donors (Lipinski definition) is 0. The lowest BCUT2D eigenvalue weighted by Gasteiger charge is -2.06. The van der Waals surface area contributed by atoms with Crippen LogP contribution < -0.4 is 4.74 Å². The highest BCUT2D eigenvalue weighted by Crippen LogP contribution is 2.33. The summed E-state index contributed by atoms with van der Waals surface area (Å²) in [4.78, 5) is 5.14. The Morgan fingerprint density at radius 2 is 1.88 bits per heavy atom. The number of aryl methyl sites for hydroxylation is 1. The molecule has 1 heterocycles. The van der Waals surface area contributed by atoms with Gasteiger partial charge in [-0.2, -0.15) is 13.2 Å². The van der Waals surface area contributed by atoms with Gasteiger partial charge in [-0.1, -0.05) is 24.3 Å². The smallest absolute Gasteiger partial charge is 0.416 e. The quantitative estimate of drug-likeness (QED) is 0.556. The van der Waals surface area contributed by atoms with Gasteiger partial charge in [-0.15, -0.1) is 11.3 Å². The van der Waals surface area contributed by atoms with Crippen LogP contribution in [0.4, 0.5) is 17.6 Å². The van der Waals surface area contributed by atoms with Gasteiger partial charge >= 0.3 is 6.18 Å². The lowest BCUT2D eigenvalue weighted by molar-refractivity contribution is -0.137. The summed E-state index contributed by atoms with van der Waals surface area (Å²) in [6.45, 7) is 1.90. The van der Waals surface area contributed by atoms with E-state index in [1.807, 2.05) is 0 Å². The van der Waals surface area contributed by atoms with Crippen molar-refractivity contribution in [1.82, 2.24) is 4.98 Å². The summed E-state index contributed by atoms with van der Waals surface area (Å²) in [6.07, 6.45) is -4.37. The molecule has 2 nitrogen and oxygen atoms in total. The predicted octanol–water partition coefficient (Wildman–Crippen LogP) is 5.66. The third-order valence-corrected chi connectivity index (χ3v) is 4.66. The van der Waals surface area contributed by atoms with Gasteiger partial charge in [-0.25, -0.2) is 9.37 Å². The minimum Gasteiger partial charge on any atom is -0.485 e. The first kappa shape index (κ1) is 17.4. The van der Waals surface area contributed by atoms with E-state index >= 15 is 0 Å². The zero-order chi connectivity index (χ0) is 18.0. The molecule has 129 valence electrons. The van der Waals surface area contributed by atoms with Crippen molar-refractivity contribution >= 4 is 11.3 Å². The minimum absolute atomic E-state index is 0.0892. The summed E-state index contributed by atoms with van der Waals surface area (Å²) in [5, 5.41) is 0.588. The standard InChI is InChI=1S/C18H12F4NOS/c1-11-16(10-24-15-5-3-2-4-14(15)19)25-17(23-11)12-6-8-13(9-7-12)18(20,21)22/h2-3,5-9H,10H2,1H3. The average Bonchev–Trinajstić information content (AvgIpc) is 2.94. The topological polar surface area (TPSA) is 22.1 Å². The molecular weight excluding hydrogens is 354 g/mol. The second-order valence-electron chi connectivity index (χ2n) is 5.24. The molecule has 0 aliphatic rings. The number of benzene rings is 2. The molecule has 0 atom stereocenters. The van der Waals surface area contributed by atoms with Crippen molar-refractivity contribution in [3.63, 3.8) is 0 Å². The maximum Gasteiger partial charge on any atom is 0.416 e. The summed E-state index contributed by atoms with van der Waals surface area (Å²) in [5.74, 6) is -0.487. The van der Waals surface area contributed by atoms with E-state index in [9.17, 15) is 17.6 Å². The molecule has 0 fully saturated rings. The summed E-state index contributed by atoms with van der Waals surface area (Å²) in [7, 11) is 0. The highest BCUT2D eigenvalue weighted by Gasteiger charge is 2.30. The monoisotopic (exact) mass is 366 g/mol. The highest BCUT2D eigenvalue weighted by atomic mass is 32.1. The Hall–Kier alpha value is -2.41. The first-order valence-corrected chi connectivity index (χ1v) is 8.09. The summed E-state index contributed by atoms with van der Waals surface area (Å²) in [5.41, 5.74) is 0.579. The van der Waals surface area contributed by atoms with Gasteiger partial charge in [0.15, 0.2) is 11.6 Å². The van der Waals surface area contributed by atoms with Gasteiger partial charge in [0.2, 0.25) is 0 Å². The molecule has 0 bridgehead atoms. The molecule has 1 aromatic heterocycles. The van der Waals surface area contributed by atoms with Gasteiger partial charge in [0, 0.05) is 11.6 Å². The van der Waals surface area contributed by atoms with Crippen LogP contribution >= 0.6 is 11.3 Å². The Labute approximate surface area is 145 Å². The first-order valence-electron chi connectivity index (χ1n) is 7.27. The van der Waals surface area contributed by atoms with Crippen molar-refractivity contribution in [1.29, 1.82) is 0 Å². The zero-order valence-corrected chi connectivity index (χ0v) is 13.8. The fourth-order valence-electron chi connectivity index (χ4n) is 2.14. The van der Waals surface area contributed by atoms with Gasteiger partial charge in [-0.3, -0.25) is 0 Å². The van der Waals surface area contributed by atoms with Crippen molar-refractivity contribution in [2.24, 2.45) is 0 Å². The van der Waals surface area contributed by atoms with Gasteiger partial charge in [0.25, 0.3) is 0 Å². The third kappa shape index (κ3) is 3.99. The van der Waals surface area contributed by atoms with Crippen molar-refractivity contribution in [2.75, 3.05) is 0 Å². The number of nitrogens with zero attached hydrogens (tertiary/aromatic N) is 1. The van der Waals surface area contributed by atoms with Crippen LogP contribution in [-0.4, -0.2) is 4.98 Å². The van der Waals surface area contributed by atoms with Crippen LogP contribution in [0.25, 0.3) is 10.6 Å². The highest BCUT2D eigenvalue weighted by molar-refractivity contribution is 7.15. The molecular formula is C18H12F4NOS. The van der Waals surface area contributed by atoms with E-state index < -0.39 is 17.6 Å². The molecule has 3 rings (SSSR count). The second-order valence-corrected chi connectivity index (χ2v) is 6.32. The molecule has 7 heteroatoms. The number of halogens is 4. The molecule has 0 saturated heterocycles. The van der Waals surface area contributed by atoms with E-state index in [1.54, 1.807) is 13.0 Å². The van der Waals surface area contributed by atoms with Crippen LogP contribution in [0.1, 0.15) is 16.1 Å². The van der Waals surface area contributed by atoms with E-state index in [1.165, 1.54) is 35.6 Å². The molecule has 0 saturated carbocycles. The SMILES string of the molecule is Cc1nc(-c2ccc(C(F)(F)F)cc2)sc1COc1ccc[c]c1F. The van der Waals surface area contributed by atoms with Crippen LogP contribution in [-0.2, 0) is 12.8 Å². The first-order chi connectivity index (χ1) is 11.8. The Bertz CT molecular complexity index is 872. The van der Waals surface area contributed by atoms with Crippen LogP contribution in [0.3, 0.4) is 0 Å². The van der Waals surface area contributed by atoms with Gasteiger partial charge in [0.05, 0.1) is 16.1 Å². The maximum atomic E-state index is 13.5. The molecule has 1 radical (unpaired) electrons. The van der Waals surface area contributed by atoms with Gasteiger partial charge < -0.3 is 4.74 Å². The number of ether oxygens (including phenoxy) is 1. The van der Waals surface area contributed by atoms with E-state index in [-0.39, 0.29) is 12.4 Å². The Morgan fingerprint density at radius 3 is 2.52 bits per heavy atom. The Morgan fingerprint density at radius 1 is 1.16 bits per heavy atom. The number of aromatic nitrogens is 1. The Balaban J connectivity index is 1.77. The molecule has 0 amide bonds. The fourth-order valence-corrected chi connectivity index (χ4v) is 3.12. The average molecular weight is 366 g/mol. The summed E-state index contributed by atoms with van der Waals surface area (Å²) >= 11 is 1.30. The summed E-state index contributed by atoms with van der Waals surface area (Å²) in [6, 6.07) is 11.8. The van der Waals surface area contributed by atoms with E-state index in [4.69, 9.17) is 4.74 Å². The minimum atomic E-state index is -4.37. The van der Waals surface area contributed by atoms with E-state index in [2.05, 4.69) is 11.1 Å². The van der Waals surface area contributed by atoms with Crippen molar-refractivity contribution < 1.29 is 22.3 Å². The third-order valence-electron chi connectivity index (χ3n) is 3.48. The van der Waals surface area contributed by atoms with Crippen LogP contribution in [0.5, 0.6) is 5.75 Å². The van der Waals surface area contributed by atoms with Crippen molar-refractivity contribution in [3.05, 3.63) is 70.5 Å². The molecule has 0 unspecified atom stereocenters. The number of alkyl halides is 3. The molecule has 0 aliphatic carbocycles. The number of thiazole rings is 1. The van der Waals surface area contributed by atoms with Crippen LogP contribution in [0.2, 0.25) is 0 Å². The molecule has 25 heavy (non-hydrogen) atoms. The fraction of sp³-hybridized carbons (Fsp3) is 0.167. The second kappa shape index (κ2) is 6.84. The van der Waals surface area contributed by atoms with Crippen LogP contribution in [0, 0.1) is 18.8 Å². The largest absolute Gasteiger partial charge is 0.485 e. The van der Waals surface area contributed by atoms with Crippen LogP contribution in [0.15, 0.2) is 42.5 Å². The number of hydrogen-bond acceptors (Lipinski definition) is 3. The maximum absolute atomic E-state index is 13.5. The molecule has 3 aromatic rings. The normalized spacial score (nSPS) is 11.6. The van der Waals surface area contributed by atoms with E-state index in [0.717, 1.165) is 17.0 Å². The lowest BCUT2D eigenvalue weighted by atomic mass is 10.1. The van der Waals surface area contributed by atoms with Crippen molar-refractivity contribution in [3.8, 4) is 16.3 Å². The molecule has 0 aliphatic heterocycles. The van der Waals surface area contributed by atoms with Gasteiger partial charge in [0.1, 0.15) is 11.6 Å².